The Morgan fingerprint density at radius 1 is 1.09 bits per heavy atom. The van der Waals surface area contributed by atoms with E-state index in [2.05, 4.69) is 31.0 Å². The number of fused-ring (bicyclic) bond motifs is 1. The summed E-state index contributed by atoms with van der Waals surface area (Å²) in [6.45, 7) is 0.985. The minimum Gasteiger partial charge on any atom is -0.465 e. The maximum atomic E-state index is 14.1. The van der Waals surface area contributed by atoms with Crippen molar-refractivity contribution >= 4 is 38.6 Å². The highest BCUT2D eigenvalue weighted by molar-refractivity contribution is 9.10. The number of carboxylic acid groups (broad SMARTS) is 1. The van der Waals surface area contributed by atoms with Crippen molar-refractivity contribution in [1.29, 1.82) is 0 Å². The molecule has 3 aromatic heterocycles. The number of anilines is 1. The third-order valence-electron chi connectivity index (χ3n) is 6.03. The Balaban J connectivity index is 1.45. The average Bonchev–Trinajstić information content (AvgIpc) is 3.32. The number of hydrogen-bond acceptors (Lipinski definition) is 5. The number of piperidine rings is 1. The van der Waals surface area contributed by atoms with Gasteiger partial charge in [0.05, 0.1) is 17.9 Å². The molecule has 1 aliphatic rings. The summed E-state index contributed by atoms with van der Waals surface area (Å²) in [5.41, 5.74) is 9.10. The summed E-state index contributed by atoms with van der Waals surface area (Å²) < 4.78 is 16.8. The predicted octanol–water partition coefficient (Wildman–Crippen LogP) is 4.96. The van der Waals surface area contributed by atoms with E-state index < -0.39 is 6.09 Å². The lowest BCUT2D eigenvalue weighted by Gasteiger charge is -2.30. The highest BCUT2D eigenvalue weighted by Gasteiger charge is 2.24. The maximum Gasteiger partial charge on any atom is 0.407 e. The number of nitrogens with two attached hydrogens (primary N) is 1. The van der Waals surface area contributed by atoms with Gasteiger partial charge in [0.25, 0.3) is 0 Å². The van der Waals surface area contributed by atoms with Crippen LogP contribution in [0.5, 0.6) is 0 Å². The van der Waals surface area contributed by atoms with Crippen LogP contribution in [0, 0.1) is 5.82 Å². The van der Waals surface area contributed by atoms with E-state index in [-0.39, 0.29) is 11.9 Å². The van der Waals surface area contributed by atoms with Crippen molar-refractivity contribution in [1.82, 2.24) is 24.6 Å². The number of nitrogen functional groups attached to an aromatic ring is 1. The number of rotatable bonds is 3. The number of halogens is 2. The van der Waals surface area contributed by atoms with Crippen molar-refractivity contribution in [2.45, 2.75) is 18.9 Å². The smallest absolute Gasteiger partial charge is 0.407 e. The normalized spacial score (nSPS) is 14.7. The monoisotopic (exact) mass is 510 g/mol. The SMILES string of the molecule is Nc1ncc(-c2cnn(C3CCN(C(=O)O)CC3)c2)cc1-c1cc2c(Br)ccc(F)c2cn1. The fourth-order valence-corrected chi connectivity index (χ4v) is 4.62. The highest BCUT2D eigenvalue weighted by Crippen LogP contribution is 2.33. The van der Waals surface area contributed by atoms with Gasteiger partial charge in [-0.25, -0.2) is 14.2 Å². The Hall–Kier alpha value is -3.53. The molecular formula is C23H20BrFN6O2. The van der Waals surface area contributed by atoms with Gasteiger partial charge in [-0.05, 0) is 37.1 Å². The van der Waals surface area contributed by atoms with E-state index in [4.69, 9.17) is 10.8 Å². The van der Waals surface area contributed by atoms with Crippen LogP contribution in [0.25, 0.3) is 33.2 Å². The van der Waals surface area contributed by atoms with Gasteiger partial charge < -0.3 is 15.7 Å². The van der Waals surface area contributed by atoms with Crippen LogP contribution in [0.2, 0.25) is 0 Å². The molecule has 1 fully saturated rings. The molecule has 1 aromatic carbocycles. The van der Waals surface area contributed by atoms with Crippen molar-refractivity contribution in [3.05, 3.63) is 59.3 Å². The summed E-state index contributed by atoms with van der Waals surface area (Å²) in [6, 6.07) is 6.89. The molecule has 0 atom stereocenters. The third kappa shape index (κ3) is 4.02. The Labute approximate surface area is 197 Å². The summed E-state index contributed by atoms with van der Waals surface area (Å²) in [4.78, 5) is 21.3. The molecule has 1 saturated heterocycles. The molecule has 3 N–H and O–H groups in total. The molecule has 8 nitrogen and oxygen atoms in total. The molecule has 0 spiro atoms. The molecule has 1 amide bonds. The van der Waals surface area contributed by atoms with Crippen LogP contribution in [-0.4, -0.2) is 48.9 Å². The van der Waals surface area contributed by atoms with Gasteiger partial charge in [-0.3, -0.25) is 9.67 Å². The summed E-state index contributed by atoms with van der Waals surface area (Å²) in [7, 11) is 0. The second-order valence-electron chi connectivity index (χ2n) is 8.01. The predicted molar refractivity (Wildman–Crippen MR) is 126 cm³/mol. The topological polar surface area (TPSA) is 110 Å². The van der Waals surface area contributed by atoms with Gasteiger partial charge in [-0.1, -0.05) is 15.9 Å². The van der Waals surface area contributed by atoms with E-state index >= 15 is 0 Å². The Morgan fingerprint density at radius 3 is 2.64 bits per heavy atom. The van der Waals surface area contributed by atoms with Crippen molar-refractivity contribution in [3.8, 4) is 22.4 Å². The first kappa shape index (κ1) is 21.3. The van der Waals surface area contributed by atoms with Crippen molar-refractivity contribution < 1.29 is 14.3 Å². The second kappa shape index (κ2) is 8.43. The molecule has 0 bridgehead atoms. The van der Waals surface area contributed by atoms with Gasteiger partial charge in [0, 0.05) is 63.6 Å². The van der Waals surface area contributed by atoms with Crippen molar-refractivity contribution in [3.63, 3.8) is 0 Å². The van der Waals surface area contributed by atoms with Gasteiger partial charge in [0.15, 0.2) is 0 Å². The van der Waals surface area contributed by atoms with Crippen LogP contribution in [0.3, 0.4) is 0 Å². The maximum absolute atomic E-state index is 14.1. The standard InChI is InChI=1S/C23H20BrFN6O2/c24-19-1-2-20(25)18-11-27-21(8-16(18)19)17-7-13(9-28-22(17)26)14-10-29-31(12-14)15-3-5-30(6-4-15)23(32)33/h1-2,7-12,15H,3-6H2,(H2,26,28)(H,32,33). The van der Waals surface area contributed by atoms with Crippen LogP contribution < -0.4 is 5.73 Å². The number of likely N-dealkylation sites (tertiary alicyclic amines) is 1. The zero-order valence-corrected chi connectivity index (χ0v) is 19.0. The lowest BCUT2D eigenvalue weighted by Crippen LogP contribution is -2.38. The number of benzene rings is 1. The number of hydrogen-bond donors (Lipinski definition) is 2. The summed E-state index contributed by atoms with van der Waals surface area (Å²) in [5, 5.41) is 14.8. The number of amides is 1. The number of carbonyl (C=O) groups is 1. The highest BCUT2D eigenvalue weighted by atomic mass is 79.9. The van der Waals surface area contributed by atoms with Crippen molar-refractivity contribution in [2.24, 2.45) is 0 Å². The zero-order valence-electron chi connectivity index (χ0n) is 17.4. The van der Waals surface area contributed by atoms with Crippen LogP contribution in [0.15, 0.2) is 53.5 Å². The van der Waals surface area contributed by atoms with E-state index in [1.54, 1.807) is 24.5 Å². The molecule has 168 valence electrons. The fraction of sp³-hybridized carbons (Fsp3) is 0.217. The van der Waals surface area contributed by atoms with Gasteiger partial charge in [0.2, 0.25) is 0 Å². The first-order chi connectivity index (χ1) is 15.9. The van der Waals surface area contributed by atoms with Crippen LogP contribution >= 0.6 is 15.9 Å². The van der Waals surface area contributed by atoms with E-state index in [1.807, 2.05) is 16.9 Å². The lowest BCUT2D eigenvalue weighted by molar-refractivity contribution is 0.124. The third-order valence-corrected chi connectivity index (χ3v) is 6.72. The molecule has 10 heteroatoms. The molecule has 33 heavy (non-hydrogen) atoms. The minimum absolute atomic E-state index is 0.143. The summed E-state index contributed by atoms with van der Waals surface area (Å²) in [5.74, 6) is -0.0136. The van der Waals surface area contributed by atoms with Gasteiger partial charge in [0.1, 0.15) is 11.6 Å². The second-order valence-corrected chi connectivity index (χ2v) is 8.87. The van der Waals surface area contributed by atoms with Crippen LogP contribution in [0.1, 0.15) is 18.9 Å². The minimum atomic E-state index is -0.882. The quantitative estimate of drug-likeness (QED) is 0.403. The van der Waals surface area contributed by atoms with E-state index in [9.17, 15) is 9.18 Å². The molecule has 5 rings (SSSR count). The zero-order chi connectivity index (χ0) is 23.1. The van der Waals surface area contributed by atoms with Crippen molar-refractivity contribution in [2.75, 3.05) is 18.8 Å². The molecular weight excluding hydrogens is 491 g/mol. The largest absolute Gasteiger partial charge is 0.465 e. The summed E-state index contributed by atoms with van der Waals surface area (Å²) >= 11 is 3.47. The Bertz CT molecular complexity index is 1370. The molecule has 1 aliphatic heterocycles. The van der Waals surface area contributed by atoms with Crippen LogP contribution in [0.4, 0.5) is 15.0 Å². The Morgan fingerprint density at radius 2 is 1.88 bits per heavy atom. The lowest BCUT2D eigenvalue weighted by atomic mass is 10.0. The molecule has 0 aliphatic carbocycles. The molecule has 0 saturated carbocycles. The number of pyridine rings is 2. The first-order valence-corrected chi connectivity index (χ1v) is 11.2. The number of aromatic nitrogens is 4. The van der Waals surface area contributed by atoms with Gasteiger partial charge in [-0.15, -0.1) is 0 Å². The van der Waals surface area contributed by atoms with Gasteiger partial charge >= 0.3 is 6.09 Å². The average molecular weight is 511 g/mol. The van der Waals surface area contributed by atoms with Crippen LogP contribution in [-0.2, 0) is 0 Å². The van der Waals surface area contributed by atoms with E-state index in [0.717, 1.165) is 15.6 Å². The molecule has 4 heterocycles. The van der Waals surface area contributed by atoms with E-state index in [1.165, 1.54) is 17.2 Å². The van der Waals surface area contributed by atoms with Gasteiger partial charge in [-0.2, -0.15) is 5.10 Å². The molecule has 0 unspecified atom stereocenters. The summed E-state index contributed by atoms with van der Waals surface area (Å²) in [6.07, 6.45) is 7.43. The molecule has 4 aromatic rings. The van der Waals surface area contributed by atoms with E-state index in [0.29, 0.717) is 53.8 Å². The molecule has 0 radical (unpaired) electrons. The Kier molecular flexibility index (Phi) is 5.45. The number of nitrogens with zero attached hydrogens (tertiary/aromatic N) is 5. The fourth-order valence-electron chi connectivity index (χ4n) is 4.16. The first-order valence-electron chi connectivity index (χ1n) is 10.4.